The van der Waals surface area contributed by atoms with Gasteiger partial charge in [0.25, 0.3) is 0 Å². The first kappa shape index (κ1) is 37.2. The molecule has 54 heavy (non-hydrogen) atoms. The summed E-state index contributed by atoms with van der Waals surface area (Å²) in [4.78, 5) is 41.9. The molecule has 5 N–H and O–H groups in total. The van der Waals surface area contributed by atoms with Crippen molar-refractivity contribution in [3.05, 3.63) is 130 Å². The highest BCUT2D eigenvalue weighted by Gasteiger charge is 2.34. The number of likely N-dealkylation sites (tertiary alicyclic amines) is 1. The fraction of sp³-hybridized carbons (Fsp3) is 0.357. The van der Waals surface area contributed by atoms with Crippen LogP contribution in [-0.4, -0.2) is 62.3 Å². The van der Waals surface area contributed by atoms with E-state index in [1.165, 1.54) is 0 Å². The third kappa shape index (κ3) is 8.98. The number of ether oxygens (including phenoxy) is 2. The van der Waals surface area contributed by atoms with E-state index in [-0.39, 0.29) is 49.3 Å². The number of aromatic amines is 1. The van der Waals surface area contributed by atoms with Gasteiger partial charge in [-0.15, -0.1) is 0 Å². The number of aliphatic hydroxyl groups excluding tert-OH is 1. The van der Waals surface area contributed by atoms with Gasteiger partial charge in [-0.05, 0) is 71.3 Å². The highest BCUT2D eigenvalue weighted by atomic mass is 16.7. The van der Waals surface area contributed by atoms with E-state index < -0.39 is 12.2 Å². The van der Waals surface area contributed by atoms with E-state index in [1.807, 2.05) is 95.6 Å². The van der Waals surface area contributed by atoms with Crippen LogP contribution in [0.4, 0.5) is 0 Å². The number of carbonyl (C=O) groups excluding carboxylic acids is 2. The molecule has 2 aliphatic heterocycles. The van der Waals surface area contributed by atoms with Gasteiger partial charge < -0.3 is 29.8 Å². The molecule has 3 atom stereocenters. The van der Waals surface area contributed by atoms with Crippen LogP contribution in [0, 0.1) is 0 Å². The van der Waals surface area contributed by atoms with Gasteiger partial charge in [0, 0.05) is 57.0 Å². The van der Waals surface area contributed by atoms with E-state index >= 15 is 0 Å². The van der Waals surface area contributed by atoms with Gasteiger partial charge in [-0.1, -0.05) is 72.8 Å². The Balaban J connectivity index is 1.03. The number of hydroxylamine groups is 1. The predicted molar refractivity (Wildman–Crippen MR) is 203 cm³/mol. The lowest BCUT2D eigenvalue weighted by molar-refractivity contribution is -0.253. The summed E-state index contributed by atoms with van der Waals surface area (Å²) in [6.45, 7) is 2.77. The van der Waals surface area contributed by atoms with Gasteiger partial charge in [-0.2, -0.15) is 0 Å². The van der Waals surface area contributed by atoms with Gasteiger partial charge in [0.05, 0.1) is 29.8 Å². The van der Waals surface area contributed by atoms with Crippen LogP contribution in [0.5, 0.6) is 0 Å². The minimum absolute atomic E-state index is 0.0212. The van der Waals surface area contributed by atoms with Crippen molar-refractivity contribution in [2.45, 2.75) is 76.2 Å². The number of aliphatic hydroxyl groups is 1. The Labute approximate surface area is 313 Å². The molecule has 0 bridgehead atoms. The minimum atomic E-state index is -0.607. The van der Waals surface area contributed by atoms with Crippen molar-refractivity contribution in [1.82, 2.24) is 25.2 Å². The molecule has 0 aliphatic carbocycles. The molecular formula is C42H47N5O7. The lowest BCUT2D eigenvalue weighted by atomic mass is 9.97. The molecule has 2 fully saturated rings. The molecule has 0 radical (unpaired) electrons. The van der Waals surface area contributed by atoms with Crippen molar-refractivity contribution in [2.75, 3.05) is 19.6 Å². The number of benzene rings is 4. The molecule has 0 unspecified atom stereocenters. The topological polar surface area (TPSA) is 158 Å². The van der Waals surface area contributed by atoms with Crippen LogP contribution in [-0.2, 0) is 32.2 Å². The second kappa shape index (κ2) is 17.4. The fourth-order valence-electron chi connectivity index (χ4n) is 7.60. The van der Waals surface area contributed by atoms with Crippen LogP contribution >= 0.6 is 0 Å². The summed E-state index contributed by atoms with van der Waals surface area (Å²) in [5.41, 5.74) is 9.04. The fourth-order valence-corrected chi connectivity index (χ4v) is 7.60. The first-order valence-electron chi connectivity index (χ1n) is 18.7. The number of imidazole rings is 1. The van der Waals surface area contributed by atoms with E-state index in [1.54, 1.807) is 5.48 Å². The summed E-state index contributed by atoms with van der Waals surface area (Å²) < 4.78 is 15.3. The maximum absolute atomic E-state index is 12.9. The van der Waals surface area contributed by atoms with Crippen LogP contribution in [0.3, 0.4) is 0 Å². The van der Waals surface area contributed by atoms with Crippen LogP contribution in [0.1, 0.15) is 79.2 Å². The molecular weight excluding hydrogens is 686 g/mol. The zero-order valence-corrected chi connectivity index (χ0v) is 30.2. The molecule has 2 amide bonds. The maximum atomic E-state index is 12.9. The Bertz CT molecular complexity index is 2100. The summed E-state index contributed by atoms with van der Waals surface area (Å²) >= 11 is 0. The Morgan fingerprint density at radius 3 is 2.33 bits per heavy atom. The van der Waals surface area contributed by atoms with Gasteiger partial charge in [-0.25, -0.2) is 10.3 Å². The molecule has 12 heteroatoms. The van der Waals surface area contributed by atoms with Crippen molar-refractivity contribution < 1.29 is 29.4 Å². The Hall–Kier alpha value is -5.11. The number of aromatic nitrogens is 2. The molecule has 3 heterocycles. The second-order valence-corrected chi connectivity index (χ2v) is 14.2. The maximum Gasteiger partial charge on any atom is 0.326 e. The van der Waals surface area contributed by atoms with Crippen LogP contribution < -0.4 is 16.5 Å². The number of H-pyrrole nitrogens is 1. The number of amides is 2. The molecule has 0 spiro atoms. The summed E-state index contributed by atoms with van der Waals surface area (Å²) in [7, 11) is 0. The number of carbonyl (C=O) groups is 2. The number of nitrogens with one attached hydrogen (secondary N) is 3. The largest absolute Gasteiger partial charge is 0.392 e. The number of hydrogen-bond donors (Lipinski definition) is 5. The second-order valence-electron chi connectivity index (χ2n) is 14.2. The molecule has 12 nitrogen and oxygen atoms in total. The van der Waals surface area contributed by atoms with Crippen molar-refractivity contribution in [3.8, 4) is 11.1 Å². The van der Waals surface area contributed by atoms with E-state index in [0.29, 0.717) is 19.4 Å². The molecule has 1 aromatic heterocycles. The normalized spacial score (nSPS) is 19.5. The van der Waals surface area contributed by atoms with E-state index in [0.717, 1.165) is 76.9 Å². The highest BCUT2D eigenvalue weighted by molar-refractivity contribution is 5.78. The van der Waals surface area contributed by atoms with Crippen LogP contribution in [0.25, 0.3) is 22.2 Å². The summed E-state index contributed by atoms with van der Waals surface area (Å²) in [5, 5.41) is 21.2. The third-order valence-corrected chi connectivity index (χ3v) is 10.5. The number of nitrogens with zero attached hydrogens (tertiary/aromatic N) is 2. The van der Waals surface area contributed by atoms with Gasteiger partial charge in [0.2, 0.25) is 11.8 Å². The lowest BCUT2D eigenvalue weighted by Crippen LogP contribution is -2.43. The molecule has 2 saturated heterocycles. The van der Waals surface area contributed by atoms with Crippen molar-refractivity contribution in [1.29, 1.82) is 0 Å². The molecule has 4 aromatic carbocycles. The van der Waals surface area contributed by atoms with Gasteiger partial charge in [0.1, 0.15) is 0 Å². The first-order chi connectivity index (χ1) is 26.4. The Kier molecular flexibility index (Phi) is 12.0. The average molecular weight is 734 g/mol. The van der Waals surface area contributed by atoms with Gasteiger partial charge >= 0.3 is 5.69 Å². The number of fused-ring (bicyclic) bond motifs is 1. The number of rotatable bonds is 13. The van der Waals surface area contributed by atoms with Crippen molar-refractivity contribution >= 4 is 22.8 Å². The highest BCUT2D eigenvalue weighted by Crippen LogP contribution is 2.39. The zero-order chi connectivity index (χ0) is 37.4. The SMILES string of the molecule is O=C(CCCC(=O)NCc1cccc(-c2cccc([C@H]3O[C@@H](CN4CCC(n5c(=O)[nH]c6ccccc65)CC4)C[C@@H](c4ccc(CO)cc4)O3)c2)c1)NO. The van der Waals surface area contributed by atoms with Gasteiger partial charge in [0.15, 0.2) is 6.29 Å². The van der Waals surface area contributed by atoms with E-state index in [9.17, 15) is 19.5 Å². The lowest BCUT2D eigenvalue weighted by Gasteiger charge is -2.40. The van der Waals surface area contributed by atoms with Crippen molar-refractivity contribution in [3.63, 3.8) is 0 Å². The molecule has 282 valence electrons. The minimum Gasteiger partial charge on any atom is -0.392 e. The van der Waals surface area contributed by atoms with E-state index in [2.05, 4.69) is 21.3 Å². The molecule has 7 rings (SSSR count). The predicted octanol–water partition coefficient (Wildman–Crippen LogP) is 5.66. The zero-order valence-electron chi connectivity index (χ0n) is 30.2. The van der Waals surface area contributed by atoms with Crippen molar-refractivity contribution in [2.24, 2.45) is 0 Å². The number of piperidine rings is 1. The summed E-state index contributed by atoms with van der Waals surface area (Å²) in [5.74, 6) is -0.675. The van der Waals surface area contributed by atoms with Crippen LogP contribution in [0.15, 0.2) is 102 Å². The van der Waals surface area contributed by atoms with Crippen LogP contribution in [0.2, 0.25) is 0 Å². The summed E-state index contributed by atoms with van der Waals surface area (Å²) in [6.07, 6.45) is 2.11. The van der Waals surface area contributed by atoms with Gasteiger partial charge in [-0.3, -0.25) is 19.4 Å². The first-order valence-corrected chi connectivity index (χ1v) is 18.7. The molecule has 2 aliphatic rings. The quantitative estimate of drug-likeness (QED) is 0.0766. The number of para-hydroxylation sites is 2. The Morgan fingerprint density at radius 2 is 1.56 bits per heavy atom. The monoisotopic (exact) mass is 733 g/mol. The molecule has 0 saturated carbocycles. The number of hydrogen-bond acceptors (Lipinski definition) is 8. The molecule has 5 aromatic rings. The summed E-state index contributed by atoms with van der Waals surface area (Å²) in [6, 6.07) is 32.0. The smallest absolute Gasteiger partial charge is 0.326 e. The standard InChI is InChI=1S/C42H47N5O7/c48-27-28-14-16-30(17-15-28)38-24-35(26-46-20-18-34(19-21-46)47-37-11-2-1-10-36(37)44-42(47)51)53-41(54-38)33-9-4-8-32(23-33)31-7-3-6-29(22-31)25-43-39(49)12-5-13-40(50)45-52/h1-4,6-11,14-17,22-23,34-35,38,41,48,52H,5,12-13,18-21,24-27H2,(H,43,49)(H,44,51)(H,45,50)/t35-,38+,41+/m1/s1. The Morgan fingerprint density at radius 1 is 0.815 bits per heavy atom. The van der Waals surface area contributed by atoms with E-state index in [4.69, 9.17) is 14.7 Å². The third-order valence-electron chi connectivity index (χ3n) is 10.5. The average Bonchev–Trinajstić information content (AvgIpc) is 3.55.